The van der Waals surface area contributed by atoms with Crippen molar-refractivity contribution in [3.8, 4) is 5.75 Å². The Morgan fingerprint density at radius 2 is 1.95 bits per heavy atom. The van der Waals surface area contributed by atoms with Crippen LogP contribution in [-0.2, 0) is 4.74 Å². The maximum absolute atomic E-state index is 12.1. The van der Waals surface area contributed by atoms with Crippen LogP contribution in [0.5, 0.6) is 5.75 Å². The van der Waals surface area contributed by atoms with Gasteiger partial charge in [0.1, 0.15) is 10.6 Å². The topological polar surface area (TPSA) is 64.6 Å². The average molecular weight is 291 g/mol. The third-order valence-corrected chi connectivity index (χ3v) is 3.54. The molecule has 2 aromatic rings. The lowest BCUT2D eigenvalue weighted by molar-refractivity contribution is 0.0606. The fourth-order valence-electron chi connectivity index (χ4n) is 1.56. The molecule has 0 aliphatic rings. The molecule has 0 fully saturated rings. The number of benzene rings is 1. The van der Waals surface area contributed by atoms with Crippen LogP contribution < -0.4 is 10.1 Å². The third kappa shape index (κ3) is 3.16. The Morgan fingerprint density at radius 1 is 1.15 bits per heavy atom. The lowest BCUT2D eigenvalue weighted by Gasteiger charge is -2.04. The molecule has 0 saturated heterocycles. The molecule has 0 aliphatic heterocycles. The fraction of sp³-hybridized carbons (Fsp3) is 0.143. The molecule has 1 aromatic heterocycles. The lowest BCUT2D eigenvalue weighted by atomic mass is 10.2. The van der Waals surface area contributed by atoms with Crippen molar-refractivity contribution in [1.82, 2.24) is 0 Å². The van der Waals surface area contributed by atoms with Gasteiger partial charge in [-0.15, -0.1) is 11.3 Å². The summed E-state index contributed by atoms with van der Waals surface area (Å²) in [5.74, 6) is -0.0712. The highest BCUT2D eigenvalue weighted by atomic mass is 32.1. The first kappa shape index (κ1) is 14.1. The predicted octanol–water partition coefficient (Wildman–Crippen LogP) is 2.80. The molecule has 0 spiro atoms. The van der Waals surface area contributed by atoms with Gasteiger partial charge in [0.15, 0.2) is 0 Å². The number of carbonyl (C=O) groups excluding carboxylic acids is 2. The standard InChI is InChI=1S/C14H13NO4S/c1-18-10-5-3-4-9(8-10)13(16)15-12-7-6-11(20-12)14(17)19-2/h3-8H,1-2H3,(H,15,16). The molecular weight excluding hydrogens is 278 g/mol. The highest BCUT2D eigenvalue weighted by molar-refractivity contribution is 7.18. The molecular formula is C14H13NO4S. The highest BCUT2D eigenvalue weighted by Gasteiger charge is 2.12. The Bertz CT molecular complexity index is 636. The molecule has 0 radical (unpaired) electrons. The Balaban J connectivity index is 2.11. The second kappa shape index (κ2) is 6.21. The minimum Gasteiger partial charge on any atom is -0.497 e. The summed E-state index contributed by atoms with van der Waals surface area (Å²) in [7, 11) is 2.86. The average Bonchev–Trinajstić information content (AvgIpc) is 2.95. The third-order valence-electron chi connectivity index (χ3n) is 2.56. The van der Waals surface area contributed by atoms with Gasteiger partial charge < -0.3 is 14.8 Å². The predicted molar refractivity (Wildman–Crippen MR) is 76.6 cm³/mol. The molecule has 6 heteroatoms. The summed E-state index contributed by atoms with van der Waals surface area (Å²) in [6.07, 6.45) is 0. The number of carbonyl (C=O) groups is 2. The maximum atomic E-state index is 12.1. The van der Waals surface area contributed by atoms with Gasteiger partial charge in [-0.05, 0) is 30.3 Å². The Morgan fingerprint density at radius 3 is 2.65 bits per heavy atom. The molecule has 0 atom stereocenters. The number of ether oxygens (including phenoxy) is 2. The zero-order chi connectivity index (χ0) is 14.5. The summed E-state index contributed by atoms with van der Waals surface area (Å²) in [5.41, 5.74) is 0.484. The van der Waals surface area contributed by atoms with Crippen LogP contribution in [0.15, 0.2) is 36.4 Å². The molecule has 20 heavy (non-hydrogen) atoms. The van der Waals surface area contributed by atoms with Crippen molar-refractivity contribution in [3.63, 3.8) is 0 Å². The lowest BCUT2D eigenvalue weighted by Crippen LogP contribution is -2.10. The number of amides is 1. The second-order valence-electron chi connectivity index (χ2n) is 3.84. The van der Waals surface area contributed by atoms with Gasteiger partial charge in [0.25, 0.3) is 5.91 Å². The van der Waals surface area contributed by atoms with E-state index >= 15 is 0 Å². The SMILES string of the molecule is COC(=O)c1ccc(NC(=O)c2cccc(OC)c2)s1. The van der Waals surface area contributed by atoms with Crippen LogP contribution in [0.2, 0.25) is 0 Å². The molecule has 1 N–H and O–H groups in total. The van der Waals surface area contributed by atoms with Crippen molar-refractivity contribution in [3.05, 3.63) is 46.8 Å². The summed E-state index contributed by atoms with van der Waals surface area (Å²) in [4.78, 5) is 23.8. The summed E-state index contributed by atoms with van der Waals surface area (Å²) in [6, 6.07) is 10.1. The van der Waals surface area contributed by atoms with Crippen molar-refractivity contribution >= 4 is 28.2 Å². The van der Waals surface area contributed by atoms with Crippen LogP contribution in [0.3, 0.4) is 0 Å². The van der Waals surface area contributed by atoms with Crippen LogP contribution in [0, 0.1) is 0 Å². The molecule has 1 aromatic carbocycles. The summed E-state index contributed by atoms with van der Waals surface area (Å²) < 4.78 is 9.68. The van der Waals surface area contributed by atoms with E-state index in [2.05, 4.69) is 10.1 Å². The maximum Gasteiger partial charge on any atom is 0.348 e. The summed E-state index contributed by atoms with van der Waals surface area (Å²) in [5, 5.41) is 3.31. The number of esters is 1. The molecule has 104 valence electrons. The highest BCUT2D eigenvalue weighted by Crippen LogP contribution is 2.23. The molecule has 0 unspecified atom stereocenters. The zero-order valence-electron chi connectivity index (χ0n) is 11.0. The van der Waals surface area contributed by atoms with E-state index in [1.165, 1.54) is 7.11 Å². The zero-order valence-corrected chi connectivity index (χ0v) is 11.8. The van der Waals surface area contributed by atoms with E-state index in [4.69, 9.17) is 4.74 Å². The number of thiophene rings is 1. The first-order chi connectivity index (χ1) is 9.63. The number of methoxy groups -OCH3 is 2. The molecule has 0 aliphatic carbocycles. The largest absolute Gasteiger partial charge is 0.497 e. The fourth-order valence-corrected chi connectivity index (χ4v) is 2.38. The molecule has 0 bridgehead atoms. The first-order valence-corrected chi connectivity index (χ1v) is 6.59. The van der Waals surface area contributed by atoms with Gasteiger partial charge in [0.05, 0.1) is 19.2 Å². The van der Waals surface area contributed by atoms with Crippen LogP contribution in [0.4, 0.5) is 5.00 Å². The summed E-state index contributed by atoms with van der Waals surface area (Å²) >= 11 is 1.16. The van der Waals surface area contributed by atoms with Gasteiger partial charge in [-0.2, -0.15) is 0 Å². The van der Waals surface area contributed by atoms with E-state index in [9.17, 15) is 9.59 Å². The van der Waals surface area contributed by atoms with Gasteiger partial charge in [0, 0.05) is 5.56 Å². The minimum absolute atomic E-state index is 0.262. The molecule has 1 heterocycles. The van der Waals surface area contributed by atoms with Crippen LogP contribution in [0.25, 0.3) is 0 Å². The molecule has 1 amide bonds. The quantitative estimate of drug-likeness (QED) is 0.880. The van der Waals surface area contributed by atoms with Gasteiger partial charge in [0.2, 0.25) is 0 Å². The first-order valence-electron chi connectivity index (χ1n) is 5.77. The van der Waals surface area contributed by atoms with Gasteiger partial charge >= 0.3 is 5.97 Å². The smallest absolute Gasteiger partial charge is 0.348 e. The van der Waals surface area contributed by atoms with Crippen molar-refractivity contribution in [2.45, 2.75) is 0 Å². The van der Waals surface area contributed by atoms with Crippen molar-refractivity contribution in [1.29, 1.82) is 0 Å². The second-order valence-corrected chi connectivity index (χ2v) is 4.93. The number of anilines is 1. The van der Waals surface area contributed by atoms with Gasteiger partial charge in [-0.1, -0.05) is 6.07 Å². The summed E-state index contributed by atoms with van der Waals surface area (Å²) in [6.45, 7) is 0. The molecule has 2 rings (SSSR count). The van der Waals surface area contributed by atoms with Crippen LogP contribution in [0.1, 0.15) is 20.0 Å². The van der Waals surface area contributed by atoms with E-state index in [1.807, 2.05) is 0 Å². The van der Waals surface area contributed by atoms with E-state index in [-0.39, 0.29) is 5.91 Å². The van der Waals surface area contributed by atoms with E-state index in [0.717, 1.165) is 11.3 Å². The van der Waals surface area contributed by atoms with Gasteiger partial charge in [-0.3, -0.25) is 4.79 Å². The Hall–Kier alpha value is -2.34. The Kier molecular flexibility index (Phi) is 4.37. The molecule has 5 nitrogen and oxygen atoms in total. The van der Waals surface area contributed by atoms with Crippen molar-refractivity contribution in [2.24, 2.45) is 0 Å². The number of rotatable bonds is 4. The molecule has 0 saturated carbocycles. The van der Waals surface area contributed by atoms with Gasteiger partial charge in [-0.25, -0.2) is 4.79 Å². The van der Waals surface area contributed by atoms with Crippen LogP contribution in [-0.4, -0.2) is 26.1 Å². The Labute approximate surface area is 120 Å². The normalized spacial score (nSPS) is 9.90. The van der Waals surface area contributed by atoms with Crippen molar-refractivity contribution in [2.75, 3.05) is 19.5 Å². The van der Waals surface area contributed by atoms with E-state index < -0.39 is 5.97 Å². The number of nitrogens with one attached hydrogen (secondary N) is 1. The number of hydrogen-bond acceptors (Lipinski definition) is 5. The number of hydrogen-bond donors (Lipinski definition) is 1. The van der Waals surface area contributed by atoms with E-state index in [0.29, 0.717) is 21.2 Å². The van der Waals surface area contributed by atoms with E-state index in [1.54, 1.807) is 43.5 Å². The van der Waals surface area contributed by atoms with Crippen molar-refractivity contribution < 1.29 is 19.1 Å². The monoisotopic (exact) mass is 291 g/mol. The van der Waals surface area contributed by atoms with Crippen LogP contribution >= 0.6 is 11.3 Å². The minimum atomic E-state index is -0.420.